The topological polar surface area (TPSA) is 40.5 Å². The lowest BCUT2D eigenvalue weighted by atomic mass is 10.3. The van der Waals surface area contributed by atoms with Crippen LogP contribution in [0.5, 0.6) is 0 Å². The van der Waals surface area contributed by atoms with Gasteiger partial charge in [0, 0.05) is 13.0 Å². The quantitative estimate of drug-likeness (QED) is 0.627. The Morgan fingerprint density at radius 2 is 2.20 bits per heavy atom. The second kappa shape index (κ2) is 4.22. The molecule has 3 nitrogen and oxygen atoms in total. The zero-order valence-electron chi connectivity index (χ0n) is 6.17. The molecule has 0 fully saturated rings. The van der Waals surface area contributed by atoms with Crippen molar-refractivity contribution in [2.45, 2.75) is 12.6 Å². The Bertz CT molecular complexity index is 116. The number of hydrogen-bond donors (Lipinski definition) is 1. The van der Waals surface area contributed by atoms with Crippen molar-refractivity contribution >= 4 is 5.97 Å². The van der Waals surface area contributed by atoms with E-state index in [0.717, 1.165) is 0 Å². The van der Waals surface area contributed by atoms with E-state index in [1.807, 2.05) is 0 Å². The highest BCUT2D eigenvalue weighted by Gasteiger charge is 2.14. The van der Waals surface area contributed by atoms with Crippen molar-refractivity contribution in [3.05, 3.63) is 0 Å². The molecule has 0 amide bonds. The van der Waals surface area contributed by atoms with Gasteiger partial charge in [-0.15, -0.1) is 0 Å². The number of halogens is 1. The summed E-state index contributed by atoms with van der Waals surface area (Å²) < 4.78 is 12.3. The van der Waals surface area contributed by atoms with E-state index < -0.39 is 12.1 Å². The number of aliphatic carboxylic acids is 1. The maximum absolute atomic E-state index is 12.3. The lowest BCUT2D eigenvalue weighted by Gasteiger charge is -2.08. The summed E-state index contributed by atoms with van der Waals surface area (Å²) in [5, 5.41) is 8.10. The smallest absolute Gasteiger partial charge is 0.338 e. The molecule has 1 N–H and O–H groups in total. The minimum atomic E-state index is -1.72. The van der Waals surface area contributed by atoms with Gasteiger partial charge in [-0.25, -0.2) is 9.18 Å². The number of rotatable bonds is 4. The molecule has 0 aromatic carbocycles. The SMILES string of the molecule is CN(C)CC[C@@H](F)C(=O)O. The van der Waals surface area contributed by atoms with Gasteiger partial charge in [0.1, 0.15) is 0 Å². The molecule has 60 valence electrons. The van der Waals surface area contributed by atoms with Gasteiger partial charge in [-0.2, -0.15) is 0 Å². The number of carbonyl (C=O) groups is 1. The van der Waals surface area contributed by atoms with Crippen LogP contribution >= 0.6 is 0 Å². The summed E-state index contributed by atoms with van der Waals surface area (Å²) in [4.78, 5) is 11.7. The molecular formula is C6H12FNO2. The van der Waals surface area contributed by atoms with E-state index in [-0.39, 0.29) is 6.42 Å². The molecule has 0 aliphatic rings. The van der Waals surface area contributed by atoms with E-state index >= 15 is 0 Å². The zero-order chi connectivity index (χ0) is 8.15. The number of alkyl halides is 1. The minimum absolute atomic E-state index is 0.0579. The summed E-state index contributed by atoms with van der Waals surface area (Å²) in [6, 6.07) is 0. The van der Waals surface area contributed by atoms with Gasteiger partial charge >= 0.3 is 5.97 Å². The normalized spacial score (nSPS) is 13.6. The molecular weight excluding hydrogens is 137 g/mol. The molecule has 4 heteroatoms. The van der Waals surface area contributed by atoms with Crippen LogP contribution < -0.4 is 0 Å². The van der Waals surface area contributed by atoms with Gasteiger partial charge in [-0.1, -0.05) is 0 Å². The Kier molecular flexibility index (Phi) is 3.95. The third kappa shape index (κ3) is 4.26. The highest BCUT2D eigenvalue weighted by Crippen LogP contribution is 1.97. The molecule has 10 heavy (non-hydrogen) atoms. The molecule has 0 heterocycles. The van der Waals surface area contributed by atoms with Crippen LogP contribution in [-0.4, -0.2) is 42.8 Å². The lowest BCUT2D eigenvalue weighted by molar-refractivity contribution is -0.143. The van der Waals surface area contributed by atoms with E-state index in [9.17, 15) is 9.18 Å². The van der Waals surface area contributed by atoms with Crippen LogP contribution in [-0.2, 0) is 4.79 Å². The van der Waals surface area contributed by atoms with Crippen LogP contribution in [0.25, 0.3) is 0 Å². The molecule has 0 aromatic heterocycles. The van der Waals surface area contributed by atoms with Crippen molar-refractivity contribution in [2.75, 3.05) is 20.6 Å². The third-order valence-electron chi connectivity index (χ3n) is 1.10. The monoisotopic (exact) mass is 149 g/mol. The van der Waals surface area contributed by atoms with Crippen LogP contribution in [0.2, 0.25) is 0 Å². The fraction of sp³-hybridized carbons (Fsp3) is 0.833. The van der Waals surface area contributed by atoms with Gasteiger partial charge in [-0.3, -0.25) is 0 Å². The summed E-state index contributed by atoms with van der Waals surface area (Å²) in [5.74, 6) is -1.37. The van der Waals surface area contributed by atoms with E-state index in [2.05, 4.69) is 0 Å². The Morgan fingerprint density at radius 1 is 1.70 bits per heavy atom. The van der Waals surface area contributed by atoms with Crippen molar-refractivity contribution < 1.29 is 14.3 Å². The summed E-state index contributed by atoms with van der Waals surface area (Å²) in [6.45, 7) is 0.466. The zero-order valence-corrected chi connectivity index (χ0v) is 6.17. The number of carboxylic acids is 1. The Balaban J connectivity index is 3.40. The van der Waals surface area contributed by atoms with Crippen molar-refractivity contribution in [1.82, 2.24) is 4.90 Å². The molecule has 0 saturated heterocycles. The summed E-state index contributed by atoms with van der Waals surface area (Å²) >= 11 is 0. The third-order valence-corrected chi connectivity index (χ3v) is 1.10. The van der Waals surface area contributed by atoms with Gasteiger partial charge in [0.05, 0.1) is 0 Å². The maximum Gasteiger partial charge on any atom is 0.338 e. The van der Waals surface area contributed by atoms with Crippen molar-refractivity contribution in [3.8, 4) is 0 Å². The highest BCUT2D eigenvalue weighted by atomic mass is 19.1. The first kappa shape index (κ1) is 9.36. The largest absolute Gasteiger partial charge is 0.479 e. The lowest BCUT2D eigenvalue weighted by Crippen LogP contribution is -2.22. The number of nitrogens with zero attached hydrogens (tertiary/aromatic N) is 1. The standard InChI is InChI=1S/C6H12FNO2/c1-8(2)4-3-5(7)6(9)10/h5H,3-4H2,1-2H3,(H,9,10)/t5-/m1/s1. The molecule has 0 aliphatic carbocycles. The van der Waals surface area contributed by atoms with Crippen LogP contribution in [0.1, 0.15) is 6.42 Å². The van der Waals surface area contributed by atoms with E-state index in [1.54, 1.807) is 19.0 Å². The number of hydrogen-bond acceptors (Lipinski definition) is 2. The minimum Gasteiger partial charge on any atom is -0.479 e. The first-order valence-corrected chi connectivity index (χ1v) is 3.05. The Morgan fingerprint density at radius 3 is 2.50 bits per heavy atom. The molecule has 1 atom stereocenters. The average Bonchev–Trinajstić information content (AvgIpc) is 1.82. The maximum atomic E-state index is 12.3. The van der Waals surface area contributed by atoms with Crippen LogP contribution in [0, 0.1) is 0 Å². The van der Waals surface area contributed by atoms with Crippen LogP contribution in [0.15, 0.2) is 0 Å². The molecule has 0 saturated carbocycles. The fourth-order valence-electron chi connectivity index (χ4n) is 0.495. The fourth-order valence-corrected chi connectivity index (χ4v) is 0.495. The van der Waals surface area contributed by atoms with Crippen molar-refractivity contribution in [1.29, 1.82) is 0 Å². The molecule has 0 spiro atoms. The molecule has 0 unspecified atom stereocenters. The molecule has 0 radical (unpaired) electrons. The van der Waals surface area contributed by atoms with E-state index in [0.29, 0.717) is 6.54 Å². The van der Waals surface area contributed by atoms with Crippen LogP contribution in [0.4, 0.5) is 4.39 Å². The second-order valence-corrected chi connectivity index (χ2v) is 2.40. The first-order valence-electron chi connectivity index (χ1n) is 3.05. The van der Waals surface area contributed by atoms with Crippen molar-refractivity contribution in [3.63, 3.8) is 0 Å². The summed E-state index contributed by atoms with van der Waals surface area (Å²) in [7, 11) is 3.54. The van der Waals surface area contributed by atoms with Crippen molar-refractivity contribution in [2.24, 2.45) is 0 Å². The predicted octanol–water partition coefficient (Wildman–Crippen LogP) is 0.361. The van der Waals surface area contributed by atoms with Gasteiger partial charge in [-0.05, 0) is 14.1 Å². The van der Waals surface area contributed by atoms with E-state index in [1.165, 1.54) is 0 Å². The van der Waals surface area contributed by atoms with E-state index in [4.69, 9.17) is 5.11 Å². The second-order valence-electron chi connectivity index (χ2n) is 2.40. The summed E-state index contributed by atoms with van der Waals surface area (Å²) in [6.07, 6.45) is -1.66. The highest BCUT2D eigenvalue weighted by molar-refractivity contribution is 5.71. The average molecular weight is 149 g/mol. The molecule has 0 aliphatic heterocycles. The molecule has 0 rings (SSSR count). The molecule has 0 bridgehead atoms. The van der Waals surface area contributed by atoms with Gasteiger partial charge < -0.3 is 10.0 Å². The van der Waals surface area contributed by atoms with Gasteiger partial charge in [0.25, 0.3) is 0 Å². The first-order chi connectivity index (χ1) is 4.54. The van der Waals surface area contributed by atoms with Gasteiger partial charge in [0.15, 0.2) is 6.17 Å². The van der Waals surface area contributed by atoms with Gasteiger partial charge in [0.2, 0.25) is 0 Å². The molecule has 0 aromatic rings. The number of carboxylic acid groups (broad SMARTS) is 1. The Hall–Kier alpha value is -0.640. The van der Waals surface area contributed by atoms with Crippen LogP contribution in [0.3, 0.4) is 0 Å². The summed E-state index contributed by atoms with van der Waals surface area (Å²) in [5.41, 5.74) is 0. The predicted molar refractivity (Wildman–Crippen MR) is 35.7 cm³/mol. The Labute approximate surface area is 59.4 Å².